The maximum atomic E-state index is 12.5. The molecule has 1 fully saturated rings. The number of likely N-dealkylation sites (N-methyl/N-ethyl adjacent to an activating group) is 1. The number of carbonyl (C=O) groups excluding carboxylic acids is 3. The Morgan fingerprint density at radius 3 is 2.46 bits per heavy atom. The summed E-state index contributed by atoms with van der Waals surface area (Å²) < 4.78 is 24.4. The van der Waals surface area contributed by atoms with Gasteiger partial charge in [0.25, 0.3) is 0 Å². The molecule has 0 radical (unpaired) electrons. The van der Waals surface area contributed by atoms with Gasteiger partial charge in [0.1, 0.15) is 5.54 Å². The minimum Gasteiger partial charge on any atom is -0.355 e. The number of sulfonamides is 1. The monoisotopic (exact) mass is 362 g/mol. The first kappa shape index (κ1) is 20.4. The Kier molecular flexibility index (Phi) is 6.73. The van der Waals surface area contributed by atoms with Crippen LogP contribution in [0.3, 0.4) is 0 Å². The van der Waals surface area contributed by atoms with Gasteiger partial charge in [-0.15, -0.1) is 0 Å². The van der Waals surface area contributed by atoms with Crippen molar-refractivity contribution in [3.63, 3.8) is 0 Å². The number of nitrogens with one attached hydrogen (secondary N) is 2. The molecule has 9 nitrogen and oxygen atoms in total. The highest BCUT2D eigenvalue weighted by Crippen LogP contribution is 2.22. The van der Waals surface area contributed by atoms with E-state index in [4.69, 9.17) is 0 Å². The number of carbonyl (C=O) groups is 3. The fourth-order valence-electron chi connectivity index (χ4n) is 2.31. The normalized spacial score (nSPS) is 22.3. The van der Waals surface area contributed by atoms with Crippen LogP contribution < -0.4 is 10.6 Å². The summed E-state index contributed by atoms with van der Waals surface area (Å²) >= 11 is 0. The molecule has 0 aliphatic carbocycles. The number of unbranched alkanes of at least 4 members (excludes halogenated alkanes) is 1. The predicted molar refractivity (Wildman–Crippen MR) is 88.5 cm³/mol. The summed E-state index contributed by atoms with van der Waals surface area (Å²) in [5.74, 6) is -1.38. The molecule has 10 heteroatoms. The summed E-state index contributed by atoms with van der Waals surface area (Å²) in [5.41, 5.74) is -1.37. The quantitative estimate of drug-likeness (QED) is 0.536. The van der Waals surface area contributed by atoms with Crippen molar-refractivity contribution < 1.29 is 22.8 Å². The summed E-state index contributed by atoms with van der Waals surface area (Å²) in [6, 6.07) is 0. The van der Waals surface area contributed by atoms with Gasteiger partial charge >= 0.3 is 0 Å². The molecule has 1 saturated heterocycles. The molecule has 0 aromatic heterocycles. The van der Waals surface area contributed by atoms with Crippen LogP contribution >= 0.6 is 0 Å². The van der Waals surface area contributed by atoms with Gasteiger partial charge in [0, 0.05) is 20.1 Å². The molecule has 1 heterocycles. The number of amides is 3. The van der Waals surface area contributed by atoms with E-state index in [1.54, 1.807) is 0 Å². The molecule has 1 atom stereocenters. The van der Waals surface area contributed by atoms with Gasteiger partial charge in [0.2, 0.25) is 27.7 Å². The van der Waals surface area contributed by atoms with Crippen LogP contribution in [0.2, 0.25) is 0 Å². The zero-order valence-corrected chi connectivity index (χ0v) is 15.4. The van der Waals surface area contributed by atoms with Crippen LogP contribution in [0, 0.1) is 0 Å². The van der Waals surface area contributed by atoms with E-state index in [1.807, 2.05) is 6.92 Å². The Morgan fingerprint density at radius 1 is 1.29 bits per heavy atom. The molecular weight excluding hydrogens is 336 g/mol. The maximum Gasteiger partial charge on any atom is 0.247 e. The fourth-order valence-corrected chi connectivity index (χ4v) is 3.15. The SMILES string of the molecule is CCCCNC(=O)CNC(=O)C1(C)CN(S(C)(=O)=O)CC(=O)N1C. The summed E-state index contributed by atoms with van der Waals surface area (Å²) in [4.78, 5) is 37.4. The van der Waals surface area contributed by atoms with Crippen LogP contribution in [-0.4, -0.2) is 80.4 Å². The van der Waals surface area contributed by atoms with Gasteiger partial charge < -0.3 is 15.5 Å². The number of piperazine rings is 1. The maximum absolute atomic E-state index is 12.5. The van der Waals surface area contributed by atoms with E-state index in [-0.39, 0.29) is 25.5 Å². The molecule has 0 spiro atoms. The predicted octanol–water partition coefficient (Wildman–Crippen LogP) is -1.49. The average Bonchev–Trinajstić information content (AvgIpc) is 2.49. The van der Waals surface area contributed by atoms with E-state index in [9.17, 15) is 22.8 Å². The van der Waals surface area contributed by atoms with Crippen molar-refractivity contribution in [2.24, 2.45) is 0 Å². The van der Waals surface area contributed by atoms with Gasteiger partial charge in [-0.3, -0.25) is 14.4 Å². The van der Waals surface area contributed by atoms with Crippen LogP contribution in [0.5, 0.6) is 0 Å². The smallest absolute Gasteiger partial charge is 0.247 e. The van der Waals surface area contributed by atoms with E-state index in [2.05, 4.69) is 10.6 Å². The second kappa shape index (κ2) is 7.93. The van der Waals surface area contributed by atoms with Crippen molar-refractivity contribution >= 4 is 27.7 Å². The highest BCUT2D eigenvalue weighted by molar-refractivity contribution is 7.88. The molecule has 0 aromatic rings. The number of nitrogens with zero attached hydrogens (tertiary/aromatic N) is 2. The first-order valence-corrected chi connectivity index (χ1v) is 9.64. The highest BCUT2D eigenvalue weighted by Gasteiger charge is 2.47. The summed E-state index contributed by atoms with van der Waals surface area (Å²) in [7, 11) is -2.16. The Morgan fingerprint density at radius 2 is 1.92 bits per heavy atom. The Bertz CT molecular complexity index is 606. The molecule has 24 heavy (non-hydrogen) atoms. The molecular formula is C14H26N4O5S. The van der Waals surface area contributed by atoms with Crippen molar-refractivity contribution in [3.8, 4) is 0 Å². The lowest BCUT2D eigenvalue weighted by Crippen LogP contribution is -2.68. The third-order valence-corrected chi connectivity index (χ3v) is 5.33. The average molecular weight is 362 g/mol. The van der Waals surface area contributed by atoms with Gasteiger partial charge in [-0.05, 0) is 13.3 Å². The van der Waals surface area contributed by atoms with Crippen LogP contribution in [0.15, 0.2) is 0 Å². The summed E-state index contributed by atoms with van der Waals surface area (Å²) in [5, 5.41) is 5.14. The van der Waals surface area contributed by atoms with Crippen molar-refractivity contribution in [3.05, 3.63) is 0 Å². The van der Waals surface area contributed by atoms with Gasteiger partial charge in [0.05, 0.1) is 19.3 Å². The molecule has 1 aliphatic rings. The second-order valence-electron chi connectivity index (χ2n) is 6.14. The van der Waals surface area contributed by atoms with Crippen LogP contribution in [0.4, 0.5) is 0 Å². The third-order valence-electron chi connectivity index (χ3n) is 4.13. The standard InChI is InChI=1S/C14H26N4O5S/c1-5-6-7-15-11(19)8-16-13(21)14(2)10-18(24(4,22)23)9-12(20)17(14)3/h5-10H2,1-4H3,(H,15,19)(H,16,21). The van der Waals surface area contributed by atoms with E-state index >= 15 is 0 Å². The molecule has 0 bridgehead atoms. The lowest BCUT2D eigenvalue weighted by Gasteiger charge is -2.44. The molecule has 138 valence electrons. The Balaban J connectivity index is 2.75. The first-order valence-electron chi connectivity index (χ1n) is 7.79. The summed E-state index contributed by atoms with van der Waals surface area (Å²) in [6.45, 7) is 3.33. The van der Waals surface area contributed by atoms with Crippen LogP contribution in [0.25, 0.3) is 0 Å². The van der Waals surface area contributed by atoms with E-state index in [0.717, 1.165) is 23.4 Å². The molecule has 1 aliphatic heterocycles. The lowest BCUT2D eigenvalue weighted by atomic mass is 9.96. The van der Waals surface area contributed by atoms with Crippen molar-refractivity contribution in [2.75, 3.05) is 39.5 Å². The molecule has 3 amide bonds. The molecule has 2 N–H and O–H groups in total. The summed E-state index contributed by atoms with van der Waals surface area (Å²) in [6.07, 6.45) is 2.78. The van der Waals surface area contributed by atoms with Crippen LogP contribution in [0.1, 0.15) is 26.7 Å². The Labute approximate surface area is 142 Å². The largest absolute Gasteiger partial charge is 0.355 e. The van der Waals surface area contributed by atoms with Crippen LogP contribution in [-0.2, 0) is 24.4 Å². The molecule has 1 unspecified atom stereocenters. The zero-order chi connectivity index (χ0) is 18.5. The van der Waals surface area contributed by atoms with Gasteiger partial charge in [-0.2, -0.15) is 4.31 Å². The fraction of sp³-hybridized carbons (Fsp3) is 0.786. The number of hydrogen-bond donors (Lipinski definition) is 2. The van der Waals surface area contributed by atoms with Gasteiger partial charge in [0.15, 0.2) is 0 Å². The minimum absolute atomic E-state index is 0.155. The Hall–Kier alpha value is -1.68. The van der Waals surface area contributed by atoms with Crippen molar-refractivity contribution in [2.45, 2.75) is 32.2 Å². The molecule has 0 saturated carbocycles. The molecule has 1 rings (SSSR count). The van der Waals surface area contributed by atoms with Crippen molar-refractivity contribution in [1.82, 2.24) is 19.8 Å². The number of rotatable bonds is 7. The lowest BCUT2D eigenvalue weighted by molar-refractivity contribution is -0.150. The van der Waals surface area contributed by atoms with E-state index < -0.39 is 27.4 Å². The van der Waals surface area contributed by atoms with E-state index in [1.165, 1.54) is 18.9 Å². The van der Waals surface area contributed by atoms with Gasteiger partial charge in [-0.1, -0.05) is 13.3 Å². The third kappa shape index (κ3) is 4.91. The topological polar surface area (TPSA) is 116 Å². The number of hydrogen-bond acceptors (Lipinski definition) is 5. The first-order chi connectivity index (χ1) is 11.0. The molecule has 0 aromatic carbocycles. The minimum atomic E-state index is -3.61. The van der Waals surface area contributed by atoms with Crippen molar-refractivity contribution in [1.29, 1.82) is 0 Å². The second-order valence-corrected chi connectivity index (χ2v) is 8.13. The highest BCUT2D eigenvalue weighted by atomic mass is 32.2. The van der Waals surface area contributed by atoms with E-state index in [0.29, 0.717) is 6.54 Å². The zero-order valence-electron chi connectivity index (χ0n) is 14.6. The van der Waals surface area contributed by atoms with Gasteiger partial charge in [-0.25, -0.2) is 8.42 Å².